The Balaban J connectivity index is 1.32. The van der Waals surface area contributed by atoms with Crippen molar-refractivity contribution >= 4 is 38.8 Å². The number of para-hydroxylation sites is 1. The van der Waals surface area contributed by atoms with Crippen molar-refractivity contribution in [2.75, 3.05) is 6.54 Å². The summed E-state index contributed by atoms with van der Waals surface area (Å²) in [5, 5.41) is 6.24. The molecule has 120 valence electrons. The van der Waals surface area contributed by atoms with Gasteiger partial charge in [-0.25, -0.2) is 4.98 Å². The number of carbonyl (C=O) groups is 1. The van der Waals surface area contributed by atoms with E-state index in [0.717, 1.165) is 37.7 Å². The van der Waals surface area contributed by atoms with Crippen LogP contribution in [-0.2, 0) is 17.6 Å². The Bertz CT molecular complexity index is 716. The lowest BCUT2D eigenvalue weighted by Gasteiger charge is -2.03. The number of hydrogen-bond acceptors (Lipinski definition) is 4. The van der Waals surface area contributed by atoms with Gasteiger partial charge in [-0.05, 0) is 49.3 Å². The van der Waals surface area contributed by atoms with Gasteiger partial charge in [0.1, 0.15) is 0 Å². The van der Waals surface area contributed by atoms with Crippen LogP contribution in [0.15, 0.2) is 41.8 Å². The molecule has 0 aliphatic heterocycles. The molecule has 5 heteroatoms. The summed E-state index contributed by atoms with van der Waals surface area (Å²) in [6.45, 7) is 0.733. The molecule has 0 aliphatic rings. The largest absolute Gasteiger partial charge is 0.356 e. The second-order valence-electron chi connectivity index (χ2n) is 5.46. The molecule has 3 aromatic rings. The third kappa shape index (κ3) is 4.88. The normalized spacial score (nSPS) is 11.0. The Hall–Kier alpha value is -1.72. The van der Waals surface area contributed by atoms with E-state index in [0.29, 0.717) is 6.42 Å². The lowest BCUT2D eigenvalue weighted by molar-refractivity contribution is -0.121. The smallest absolute Gasteiger partial charge is 0.220 e. The highest BCUT2D eigenvalue weighted by Crippen LogP contribution is 2.22. The molecule has 0 saturated heterocycles. The van der Waals surface area contributed by atoms with Crippen LogP contribution in [0.3, 0.4) is 0 Å². The zero-order valence-corrected chi connectivity index (χ0v) is 14.6. The number of nitrogens with one attached hydrogen (secondary N) is 1. The fourth-order valence-corrected chi connectivity index (χ4v) is 4.18. The van der Waals surface area contributed by atoms with Crippen molar-refractivity contribution in [1.29, 1.82) is 0 Å². The number of rotatable bonds is 8. The van der Waals surface area contributed by atoms with Crippen LogP contribution in [-0.4, -0.2) is 17.4 Å². The van der Waals surface area contributed by atoms with Gasteiger partial charge in [-0.15, -0.1) is 22.7 Å². The predicted molar refractivity (Wildman–Crippen MR) is 98.2 cm³/mol. The summed E-state index contributed by atoms with van der Waals surface area (Å²) in [6, 6.07) is 12.4. The van der Waals surface area contributed by atoms with Crippen molar-refractivity contribution in [2.24, 2.45) is 0 Å². The maximum absolute atomic E-state index is 11.8. The maximum atomic E-state index is 11.8. The third-order valence-corrected chi connectivity index (χ3v) is 5.69. The Kier molecular flexibility index (Phi) is 5.77. The van der Waals surface area contributed by atoms with Gasteiger partial charge in [0.2, 0.25) is 5.91 Å². The summed E-state index contributed by atoms with van der Waals surface area (Å²) in [5.74, 6) is 0.158. The number of carbonyl (C=O) groups excluding carboxylic acids is 1. The first kappa shape index (κ1) is 16.1. The molecule has 1 aromatic carbocycles. The number of amides is 1. The number of hydrogen-bond donors (Lipinski definition) is 1. The predicted octanol–water partition coefficient (Wildman–Crippen LogP) is 4.43. The first-order chi connectivity index (χ1) is 11.3. The molecule has 0 spiro atoms. The number of benzene rings is 1. The van der Waals surface area contributed by atoms with Gasteiger partial charge in [-0.1, -0.05) is 18.2 Å². The fraction of sp³-hybridized carbons (Fsp3) is 0.333. The van der Waals surface area contributed by atoms with Gasteiger partial charge in [0.05, 0.1) is 15.2 Å². The van der Waals surface area contributed by atoms with Gasteiger partial charge < -0.3 is 5.32 Å². The Labute approximate surface area is 144 Å². The van der Waals surface area contributed by atoms with Crippen LogP contribution in [0.2, 0.25) is 0 Å². The first-order valence-electron chi connectivity index (χ1n) is 7.95. The molecule has 0 bridgehead atoms. The molecular weight excluding hydrogens is 324 g/mol. The summed E-state index contributed by atoms with van der Waals surface area (Å²) in [4.78, 5) is 17.8. The van der Waals surface area contributed by atoms with Gasteiger partial charge in [-0.2, -0.15) is 0 Å². The SMILES string of the molecule is O=C(CCCCc1nc2ccccc2s1)NCCc1cccs1. The lowest BCUT2D eigenvalue weighted by Crippen LogP contribution is -2.25. The van der Waals surface area contributed by atoms with E-state index in [1.165, 1.54) is 14.6 Å². The van der Waals surface area contributed by atoms with Gasteiger partial charge >= 0.3 is 0 Å². The highest BCUT2D eigenvalue weighted by atomic mass is 32.1. The maximum Gasteiger partial charge on any atom is 0.220 e. The number of nitrogens with zero attached hydrogens (tertiary/aromatic N) is 1. The van der Waals surface area contributed by atoms with Crippen LogP contribution >= 0.6 is 22.7 Å². The molecule has 0 radical (unpaired) electrons. The number of aromatic nitrogens is 1. The quantitative estimate of drug-likeness (QED) is 0.614. The van der Waals surface area contributed by atoms with Gasteiger partial charge in [0.25, 0.3) is 0 Å². The van der Waals surface area contributed by atoms with Crippen molar-refractivity contribution in [2.45, 2.75) is 32.1 Å². The van der Waals surface area contributed by atoms with E-state index in [9.17, 15) is 4.79 Å². The summed E-state index contributed by atoms with van der Waals surface area (Å²) in [6.07, 6.45) is 4.42. The van der Waals surface area contributed by atoms with Crippen molar-refractivity contribution in [3.8, 4) is 0 Å². The minimum Gasteiger partial charge on any atom is -0.356 e. The van der Waals surface area contributed by atoms with Crippen LogP contribution in [0.4, 0.5) is 0 Å². The summed E-state index contributed by atoms with van der Waals surface area (Å²) < 4.78 is 1.24. The first-order valence-corrected chi connectivity index (χ1v) is 9.64. The van der Waals surface area contributed by atoms with E-state index in [-0.39, 0.29) is 5.91 Å². The lowest BCUT2D eigenvalue weighted by atomic mass is 10.2. The topological polar surface area (TPSA) is 42.0 Å². The fourth-order valence-electron chi connectivity index (χ4n) is 2.46. The second-order valence-corrected chi connectivity index (χ2v) is 7.61. The average molecular weight is 345 g/mol. The van der Waals surface area contributed by atoms with E-state index in [4.69, 9.17) is 0 Å². The summed E-state index contributed by atoms with van der Waals surface area (Å²) in [5.41, 5.74) is 1.08. The monoisotopic (exact) mass is 344 g/mol. The molecule has 1 N–H and O–H groups in total. The Morgan fingerprint density at radius 1 is 1.09 bits per heavy atom. The van der Waals surface area contributed by atoms with Crippen molar-refractivity contribution in [3.05, 3.63) is 51.7 Å². The molecule has 0 atom stereocenters. The molecule has 3 rings (SSSR count). The van der Waals surface area contributed by atoms with Crippen LogP contribution in [0.5, 0.6) is 0 Å². The molecule has 23 heavy (non-hydrogen) atoms. The highest BCUT2D eigenvalue weighted by Gasteiger charge is 2.05. The van der Waals surface area contributed by atoms with Crippen molar-refractivity contribution < 1.29 is 4.79 Å². The van der Waals surface area contributed by atoms with E-state index in [1.807, 2.05) is 18.2 Å². The van der Waals surface area contributed by atoms with E-state index in [1.54, 1.807) is 22.7 Å². The summed E-state index contributed by atoms with van der Waals surface area (Å²) in [7, 11) is 0. The molecule has 2 heterocycles. The Morgan fingerprint density at radius 3 is 2.83 bits per heavy atom. The Morgan fingerprint density at radius 2 is 2.00 bits per heavy atom. The molecule has 0 saturated carbocycles. The van der Waals surface area contributed by atoms with Gasteiger partial charge in [0, 0.05) is 17.8 Å². The molecule has 1 amide bonds. The number of aryl methyl sites for hydroxylation is 1. The number of unbranched alkanes of at least 4 members (excludes halogenated alkanes) is 1. The second kappa shape index (κ2) is 8.22. The number of thiophene rings is 1. The third-order valence-electron chi connectivity index (χ3n) is 3.66. The van der Waals surface area contributed by atoms with E-state index in [2.05, 4.69) is 33.9 Å². The molecule has 0 fully saturated rings. The van der Waals surface area contributed by atoms with Crippen molar-refractivity contribution in [1.82, 2.24) is 10.3 Å². The van der Waals surface area contributed by atoms with E-state index < -0.39 is 0 Å². The van der Waals surface area contributed by atoms with Crippen molar-refractivity contribution in [3.63, 3.8) is 0 Å². The average Bonchev–Trinajstić information content (AvgIpc) is 3.20. The van der Waals surface area contributed by atoms with Crippen LogP contribution in [0.1, 0.15) is 29.1 Å². The molecule has 0 aliphatic carbocycles. The standard InChI is InChI=1S/C18H20N2OS2/c21-17(19-12-11-14-6-5-13-22-14)9-3-4-10-18-20-15-7-1-2-8-16(15)23-18/h1-2,5-8,13H,3-4,9-12H2,(H,19,21). The van der Waals surface area contributed by atoms with E-state index >= 15 is 0 Å². The zero-order valence-electron chi connectivity index (χ0n) is 13.0. The number of fused-ring (bicyclic) bond motifs is 1. The highest BCUT2D eigenvalue weighted by molar-refractivity contribution is 7.18. The van der Waals surface area contributed by atoms with Crippen LogP contribution in [0.25, 0.3) is 10.2 Å². The van der Waals surface area contributed by atoms with Gasteiger partial charge in [-0.3, -0.25) is 4.79 Å². The number of thiazole rings is 1. The van der Waals surface area contributed by atoms with Crippen LogP contribution in [0, 0.1) is 0 Å². The van der Waals surface area contributed by atoms with Gasteiger partial charge in [0.15, 0.2) is 0 Å². The zero-order chi connectivity index (χ0) is 15.9. The summed E-state index contributed by atoms with van der Waals surface area (Å²) >= 11 is 3.50. The molecule has 3 nitrogen and oxygen atoms in total. The molecular formula is C18H20N2OS2. The molecule has 0 unspecified atom stereocenters. The van der Waals surface area contributed by atoms with Crippen LogP contribution < -0.4 is 5.32 Å². The minimum absolute atomic E-state index is 0.158. The molecule has 2 aromatic heterocycles. The minimum atomic E-state index is 0.158.